The van der Waals surface area contributed by atoms with Crippen molar-refractivity contribution in [1.29, 1.82) is 0 Å². The summed E-state index contributed by atoms with van der Waals surface area (Å²) in [5, 5.41) is 1.12. The van der Waals surface area contributed by atoms with Crippen LogP contribution in [0.5, 0.6) is 0 Å². The number of fused-ring (bicyclic) bond motifs is 1. The molecule has 1 aromatic carbocycles. The standard InChI is InChI=1S/C12H15BrS/c1-9(7-13)6-10-8-14-12-5-3-2-4-11(10)12/h2-5,9-10H,6-8H2,1H3. The zero-order valence-corrected chi connectivity index (χ0v) is 10.8. The molecule has 1 aliphatic heterocycles. The van der Waals surface area contributed by atoms with E-state index in [1.165, 1.54) is 17.1 Å². The van der Waals surface area contributed by atoms with Crippen LogP contribution >= 0.6 is 27.7 Å². The van der Waals surface area contributed by atoms with Crippen molar-refractivity contribution in [2.45, 2.75) is 24.2 Å². The summed E-state index contributed by atoms with van der Waals surface area (Å²) in [6, 6.07) is 8.85. The van der Waals surface area contributed by atoms with E-state index in [0.717, 1.165) is 17.2 Å². The van der Waals surface area contributed by atoms with Crippen LogP contribution in [0.15, 0.2) is 29.2 Å². The molecule has 0 saturated heterocycles. The summed E-state index contributed by atoms with van der Waals surface area (Å²) in [7, 11) is 0. The average molecular weight is 271 g/mol. The number of rotatable bonds is 3. The van der Waals surface area contributed by atoms with Crippen molar-refractivity contribution in [2.24, 2.45) is 5.92 Å². The zero-order valence-electron chi connectivity index (χ0n) is 8.37. The van der Waals surface area contributed by atoms with Gasteiger partial charge in [0, 0.05) is 16.0 Å². The van der Waals surface area contributed by atoms with Gasteiger partial charge in [-0.05, 0) is 29.9 Å². The fourth-order valence-electron chi connectivity index (χ4n) is 1.97. The molecule has 0 fully saturated rings. The van der Waals surface area contributed by atoms with Gasteiger partial charge in [-0.15, -0.1) is 11.8 Å². The highest BCUT2D eigenvalue weighted by Crippen LogP contribution is 2.42. The number of hydrogen-bond donors (Lipinski definition) is 0. The normalized spacial score (nSPS) is 22.0. The van der Waals surface area contributed by atoms with Crippen molar-refractivity contribution < 1.29 is 0 Å². The molecule has 0 N–H and O–H groups in total. The van der Waals surface area contributed by atoms with E-state index in [-0.39, 0.29) is 0 Å². The van der Waals surface area contributed by atoms with Gasteiger partial charge in [-0.25, -0.2) is 0 Å². The highest BCUT2D eigenvalue weighted by atomic mass is 79.9. The third-order valence-electron chi connectivity index (χ3n) is 2.75. The lowest BCUT2D eigenvalue weighted by atomic mass is 9.92. The van der Waals surface area contributed by atoms with Crippen LogP contribution in [0.3, 0.4) is 0 Å². The van der Waals surface area contributed by atoms with Crippen LogP contribution in [0.25, 0.3) is 0 Å². The maximum atomic E-state index is 3.56. The Morgan fingerprint density at radius 1 is 1.50 bits per heavy atom. The van der Waals surface area contributed by atoms with Gasteiger partial charge in [0.1, 0.15) is 0 Å². The maximum Gasteiger partial charge on any atom is 0.0107 e. The Hall–Kier alpha value is 0.0500. The second kappa shape index (κ2) is 4.71. The van der Waals surface area contributed by atoms with E-state index in [0.29, 0.717) is 0 Å². The van der Waals surface area contributed by atoms with E-state index < -0.39 is 0 Å². The van der Waals surface area contributed by atoms with Crippen molar-refractivity contribution in [3.63, 3.8) is 0 Å². The lowest BCUT2D eigenvalue weighted by Gasteiger charge is -2.14. The molecular weight excluding hydrogens is 256 g/mol. The molecular formula is C12H15BrS. The quantitative estimate of drug-likeness (QED) is 0.739. The third kappa shape index (κ3) is 2.17. The fraction of sp³-hybridized carbons (Fsp3) is 0.500. The minimum absolute atomic E-state index is 0.781. The molecule has 0 aliphatic carbocycles. The topological polar surface area (TPSA) is 0 Å². The van der Waals surface area contributed by atoms with Crippen LogP contribution in [0, 0.1) is 5.92 Å². The van der Waals surface area contributed by atoms with Crippen molar-refractivity contribution in [3.05, 3.63) is 29.8 Å². The molecule has 0 aromatic heterocycles. The van der Waals surface area contributed by atoms with Gasteiger partial charge in [0.2, 0.25) is 0 Å². The van der Waals surface area contributed by atoms with Gasteiger partial charge in [0.15, 0.2) is 0 Å². The fourth-order valence-corrected chi connectivity index (χ4v) is 3.51. The largest absolute Gasteiger partial charge is 0.125 e. The Labute approximate surface area is 98.6 Å². The van der Waals surface area contributed by atoms with Gasteiger partial charge in [-0.1, -0.05) is 41.1 Å². The minimum atomic E-state index is 0.781. The molecule has 1 heterocycles. The first-order valence-electron chi connectivity index (χ1n) is 5.09. The Morgan fingerprint density at radius 3 is 3.07 bits per heavy atom. The van der Waals surface area contributed by atoms with Crippen LogP contribution in [0.2, 0.25) is 0 Å². The Balaban J connectivity index is 2.10. The number of thioether (sulfide) groups is 1. The summed E-state index contributed by atoms with van der Waals surface area (Å²) in [6.07, 6.45) is 1.31. The smallest absolute Gasteiger partial charge is 0.0107 e. The lowest BCUT2D eigenvalue weighted by Crippen LogP contribution is -2.05. The molecule has 0 saturated carbocycles. The third-order valence-corrected chi connectivity index (χ3v) is 5.11. The monoisotopic (exact) mass is 270 g/mol. The van der Waals surface area contributed by atoms with Crippen molar-refractivity contribution in [1.82, 2.24) is 0 Å². The van der Waals surface area contributed by atoms with Gasteiger partial charge in [0.25, 0.3) is 0 Å². The number of benzene rings is 1. The summed E-state index contributed by atoms with van der Waals surface area (Å²) in [6.45, 7) is 2.32. The lowest BCUT2D eigenvalue weighted by molar-refractivity contribution is 0.539. The Kier molecular flexibility index (Phi) is 3.56. The highest BCUT2D eigenvalue weighted by molar-refractivity contribution is 9.09. The molecule has 0 amide bonds. The van der Waals surface area contributed by atoms with Crippen LogP contribution in [0.1, 0.15) is 24.8 Å². The van der Waals surface area contributed by atoms with E-state index in [1.807, 2.05) is 11.8 Å². The average Bonchev–Trinajstić information content (AvgIpc) is 2.62. The molecule has 2 unspecified atom stereocenters. The summed E-state index contributed by atoms with van der Waals surface area (Å²) in [5.74, 6) is 2.84. The Bertz CT molecular complexity index is 311. The first-order valence-corrected chi connectivity index (χ1v) is 7.19. The highest BCUT2D eigenvalue weighted by Gasteiger charge is 2.23. The molecule has 0 spiro atoms. The summed E-state index contributed by atoms with van der Waals surface area (Å²) in [4.78, 5) is 1.50. The van der Waals surface area contributed by atoms with Gasteiger partial charge < -0.3 is 0 Å². The summed E-state index contributed by atoms with van der Waals surface area (Å²) >= 11 is 5.57. The van der Waals surface area contributed by atoms with Gasteiger partial charge in [0.05, 0.1) is 0 Å². The van der Waals surface area contributed by atoms with Crippen molar-refractivity contribution >= 4 is 27.7 Å². The molecule has 2 atom stereocenters. The van der Waals surface area contributed by atoms with Crippen LogP contribution in [-0.2, 0) is 0 Å². The van der Waals surface area contributed by atoms with E-state index in [4.69, 9.17) is 0 Å². The second-order valence-corrected chi connectivity index (χ2v) is 5.75. The number of hydrogen-bond acceptors (Lipinski definition) is 1. The summed E-state index contributed by atoms with van der Waals surface area (Å²) < 4.78 is 0. The molecule has 1 aliphatic rings. The molecule has 14 heavy (non-hydrogen) atoms. The predicted molar refractivity (Wildman–Crippen MR) is 67.5 cm³/mol. The van der Waals surface area contributed by atoms with E-state index in [1.54, 1.807) is 5.56 Å². The Morgan fingerprint density at radius 2 is 2.29 bits per heavy atom. The maximum absolute atomic E-state index is 3.56. The molecule has 0 bridgehead atoms. The van der Waals surface area contributed by atoms with Gasteiger partial charge in [-0.3, -0.25) is 0 Å². The predicted octanol–water partition coefficient (Wildman–Crippen LogP) is 4.30. The number of halogens is 1. The van der Waals surface area contributed by atoms with Crippen molar-refractivity contribution in [2.75, 3.05) is 11.1 Å². The number of alkyl halides is 1. The van der Waals surface area contributed by atoms with Crippen molar-refractivity contribution in [3.8, 4) is 0 Å². The minimum Gasteiger partial charge on any atom is -0.125 e. The molecule has 2 heteroatoms. The first kappa shape index (κ1) is 10.6. The molecule has 0 radical (unpaired) electrons. The molecule has 2 rings (SSSR count). The summed E-state index contributed by atoms with van der Waals surface area (Å²) in [5.41, 5.74) is 1.57. The SMILES string of the molecule is CC(CBr)CC1CSc2ccccc21. The van der Waals surface area contributed by atoms with Crippen LogP contribution < -0.4 is 0 Å². The van der Waals surface area contributed by atoms with E-state index >= 15 is 0 Å². The van der Waals surface area contributed by atoms with E-state index in [9.17, 15) is 0 Å². The van der Waals surface area contributed by atoms with Gasteiger partial charge >= 0.3 is 0 Å². The molecule has 1 aromatic rings. The first-order chi connectivity index (χ1) is 6.81. The molecule has 0 nitrogen and oxygen atoms in total. The zero-order chi connectivity index (χ0) is 9.97. The van der Waals surface area contributed by atoms with Crippen LogP contribution in [0.4, 0.5) is 0 Å². The second-order valence-electron chi connectivity index (χ2n) is 4.04. The van der Waals surface area contributed by atoms with Crippen LogP contribution in [-0.4, -0.2) is 11.1 Å². The van der Waals surface area contributed by atoms with Gasteiger partial charge in [-0.2, -0.15) is 0 Å². The molecule has 76 valence electrons. The van der Waals surface area contributed by atoms with E-state index in [2.05, 4.69) is 47.1 Å².